The molecule has 2 rings (SSSR count). The number of para-hydroxylation sites is 2. The van der Waals surface area contributed by atoms with E-state index in [-0.39, 0.29) is 11.7 Å². The molecule has 1 amide bonds. The van der Waals surface area contributed by atoms with Crippen LogP contribution in [0.15, 0.2) is 24.3 Å². The molecule has 17 heavy (non-hydrogen) atoms. The molecular weight excluding hydrogens is 216 g/mol. The number of benzene rings is 1. The lowest BCUT2D eigenvalue weighted by atomic mass is 9.92. The number of rotatable bonds is 1. The standard InChI is InChI=1S/C13H18N2O2/c1-13(2)9-14-7-8-15(12(13)17)10-5-3-4-6-11(10)16/h3-6,14,16H,7-9H2,1-2H3. The molecule has 1 aromatic rings. The van der Waals surface area contributed by atoms with E-state index in [0.29, 0.717) is 18.8 Å². The van der Waals surface area contributed by atoms with Gasteiger partial charge < -0.3 is 15.3 Å². The van der Waals surface area contributed by atoms with Crippen molar-refractivity contribution < 1.29 is 9.90 Å². The molecule has 4 nitrogen and oxygen atoms in total. The second-order valence-corrected chi connectivity index (χ2v) is 5.01. The fraction of sp³-hybridized carbons (Fsp3) is 0.462. The number of hydrogen-bond acceptors (Lipinski definition) is 3. The van der Waals surface area contributed by atoms with Gasteiger partial charge in [0.05, 0.1) is 11.1 Å². The van der Waals surface area contributed by atoms with Gasteiger partial charge in [-0.1, -0.05) is 12.1 Å². The predicted molar refractivity (Wildman–Crippen MR) is 67.1 cm³/mol. The van der Waals surface area contributed by atoms with E-state index in [1.165, 1.54) is 0 Å². The molecule has 0 spiro atoms. The second kappa shape index (κ2) is 4.37. The minimum Gasteiger partial charge on any atom is -0.506 e. The molecule has 1 heterocycles. The number of nitrogens with zero attached hydrogens (tertiary/aromatic N) is 1. The summed E-state index contributed by atoms with van der Waals surface area (Å²) >= 11 is 0. The zero-order valence-corrected chi connectivity index (χ0v) is 10.2. The van der Waals surface area contributed by atoms with Crippen molar-refractivity contribution in [3.05, 3.63) is 24.3 Å². The van der Waals surface area contributed by atoms with Crippen LogP contribution in [-0.2, 0) is 4.79 Å². The molecular formula is C13H18N2O2. The maximum absolute atomic E-state index is 12.4. The van der Waals surface area contributed by atoms with Gasteiger partial charge in [0, 0.05) is 19.6 Å². The Hall–Kier alpha value is -1.55. The van der Waals surface area contributed by atoms with Crippen molar-refractivity contribution in [2.45, 2.75) is 13.8 Å². The van der Waals surface area contributed by atoms with Crippen LogP contribution >= 0.6 is 0 Å². The number of phenolic OH excluding ortho intramolecular Hbond substituents is 1. The summed E-state index contributed by atoms with van der Waals surface area (Å²) < 4.78 is 0. The molecule has 0 atom stereocenters. The Labute approximate surface area is 101 Å². The first-order valence-corrected chi connectivity index (χ1v) is 5.83. The highest BCUT2D eigenvalue weighted by Gasteiger charge is 2.35. The molecule has 92 valence electrons. The van der Waals surface area contributed by atoms with E-state index in [1.807, 2.05) is 19.9 Å². The maximum atomic E-state index is 12.4. The number of carbonyl (C=O) groups excluding carboxylic acids is 1. The summed E-state index contributed by atoms with van der Waals surface area (Å²) in [6, 6.07) is 6.96. The molecule has 0 bridgehead atoms. The average molecular weight is 234 g/mol. The van der Waals surface area contributed by atoms with Crippen LogP contribution in [0.25, 0.3) is 0 Å². The van der Waals surface area contributed by atoms with Crippen LogP contribution in [0.4, 0.5) is 5.69 Å². The van der Waals surface area contributed by atoms with Gasteiger partial charge in [-0.3, -0.25) is 4.79 Å². The number of phenols is 1. The molecule has 1 aliphatic rings. The van der Waals surface area contributed by atoms with Crippen molar-refractivity contribution >= 4 is 11.6 Å². The highest BCUT2D eigenvalue weighted by Crippen LogP contribution is 2.30. The lowest BCUT2D eigenvalue weighted by Gasteiger charge is -2.28. The van der Waals surface area contributed by atoms with Gasteiger partial charge >= 0.3 is 0 Å². The second-order valence-electron chi connectivity index (χ2n) is 5.01. The highest BCUT2D eigenvalue weighted by atomic mass is 16.3. The first-order valence-electron chi connectivity index (χ1n) is 5.83. The highest BCUT2D eigenvalue weighted by molar-refractivity contribution is 5.98. The van der Waals surface area contributed by atoms with E-state index in [2.05, 4.69) is 5.32 Å². The normalized spacial score (nSPS) is 20.1. The van der Waals surface area contributed by atoms with Crippen LogP contribution < -0.4 is 10.2 Å². The van der Waals surface area contributed by atoms with Gasteiger partial charge in [0.2, 0.25) is 5.91 Å². The van der Waals surface area contributed by atoms with E-state index in [9.17, 15) is 9.90 Å². The molecule has 0 saturated carbocycles. The summed E-state index contributed by atoms with van der Waals surface area (Å²) in [5, 5.41) is 13.1. The van der Waals surface area contributed by atoms with Crippen LogP contribution in [0.1, 0.15) is 13.8 Å². The predicted octanol–water partition coefficient (Wildman–Crippen LogP) is 1.35. The molecule has 2 N–H and O–H groups in total. The van der Waals surface area contributed by atoms with Crippen molar-refractivity contribution in [3.63, 3.8) is 0 Å². The summed E-state index contributed by atoms with van der Waals surface area (Å²) in [5.74, 6) is 0.197. The minimum atomic E-state index is -0.446. The number of aromatic hydroxyl groups is 1. The fourth-order valence-corrected chi connectivity index (χ4v) is 2.06. The minimum absolute atomic E-state index is 0.0454. The molecule has 1 aliphatic heterocycles. The Kier molecular flexibility index (Phi) is 3.07. The van der Waals surface area contributed by atoms with Crippen LogP contribution in [0.2, 0.25) is 0 Å². The van der Waals surface area contributed by atoms with Gasteiger partial charge in [-0.15, -0.1) is 0 Å². The molecule has 0 radical (unpaired) electrons. The van der Waals surface area contributed by atoms with E-state index >= 15 is 0 Å². The molecule has 0 aromatic heterocycles. The Morgan fingerprint density at radius 2 is 2.06 bits per heavy atom. The number of nitrogens with one attached hydrogen (secondary N) is 1. The van der Waals surface area contributed by atoms with E-state index < -0.39 is 5.41 Å². The van der Waals surface area contributed by atoms with Crippen LogP contribution in [-0.4, -0.2) is 30.6 Å². The van der Waals surface area contributed by atoms with E-state index in [0.717, 1.165) is 6.54 Å². The summed E-state index contributed by atoms with van der Waals surface area (Å²) in [7, 11) is 0. The van der Waals surface area contributed by atoms with Crippen molar-refractivity contribution in [2.75, 3.05) is 24.5 Å². The van der Waals surface area contributed by atoms with Gasteiger partial charge in [-0.05, 0) is 26.0 Å². The number of amides is 1. The Bertz CT molecular complexity index is 429. The van der Waals surface area contributed by atoms with Crippen molar-refractivity contribution in [2.24, 2.45) is 5.41 Å². The third kappa shape index (κ3) is 2.26. The number of anilines is 1. The SMILES string of the molecule is CC1(C)CNCCN(c2ccccc2O)C1=O. The Morgan fingerprint density at radius 3 is 2.76 bits per heavy atom. The Balaban J connectivity index is 2.37. The van der Waals surface area contributed by atoms with Gasteiger partial charge in [0.25, 0.3) is 0 Å². The monoisotopic (exact) mass is 234 g/mol. The van der Waals surface area contributed by atoms with Gasteiger partial charge in [-0.2, -0.15) is 0 Å². The average Bonchev–Trinajstić information content (AvgIpc) is 2.41. The molecule has 4 heteroatoms. The molecule has 1 aromatic carbocycles. The number of hydrogen-bond donors (Lipinski definition) is 2. The zero-order valence-electron chi connectivity index (χ0n) is 10.2. The van der Waals surface area contributed by atoms with Crippen molar-refractivity contribution in [1.82, 2.24) is 5.32 Å². The first kappa shape index (κ1) is 11.9. The number of carbonyl (C=O) groups is 1. The van der Waals surface area contributed by atoms with Gasteiger partial charge in [-0.25, -0.2) is 0 Å². The lowest BCUT2D eigenvalue weighted by molar-refractivity contribution is -0.125. The van der Waals surface area contributed by atoms with E-state index in [4.69, 9.17) is 0 Å². The van der Waals surface area contributed by atoms with E-state index in [1.54, 1.807) is 23.1 Å². The molecule has 0 aliphatic carbocycles. The first-order chi connectivity index (χ1) is 8.02. The van der Waals surface area contributed by atoms with Crippen molar-refractivity contribution in [3.8, 4) is 5.75 Å². The third-order valence-corrected chi connectivity index (χ3v) is 3.08. The lowest BCUT2D eigenvalue weighted by Crippen LogP contribution is -2.41. The molecule has 0 unspecified atom stereocenters. The van der Waals surface area contributed by atoms with Crippen LogP contribution in [0.3, 0.4) is 0 Å². The van der Waals surface area contributed by atoms with Crippen LogP contribution in [0, 0.1) is 5.41 Å². The summed E-state index contributed by atoms with van der Waals surface area (Å²) in [5.41, 5.74) is 0.146. The summed E-state index contributed by atoms with van der Waals surface area (Å²) in [6.07, 6.45) is 0. The quantitative estimate of drug-likeness (QED) is 0.771. The van der Waals surface area contributed by atoms with Gasteiger partial charge in [0.15, 0.2) is 0 Å². The maximum Gasteiger partial charge on any atom is 0.234 e. The molecule has 1 saturated heterocycles. The summed E-state index contributed by atoms with van der Waals surface area (Å²) in [4.78, 5) is 14.1. The van der Waals surface area contributed by atoms with Crippen LogP contribution in [0.5, 0.6) is 5.75 Å². The summed E-state index contributed by atoms with van der Waals surface area (Å²) in [6.45, 7) is 5.82. The Morgan fingerprint density at radius 1 is 1.35 bits per heavy atom. The van der Waals surface area contributed by atoms with Crippen molar-refractivity contribution in [1.29, 1.82) is 0 Å². The van der Waals surface area contributed by atoms with Gasteiger partial charge in [0.1, 0.15) is 5.75 Å². The topological polar surface area (TPSA) is 52.6 Å². The zero-order chi connectivity index (χ0) is 12.5. The third-order valence-electron chi connectivity index (χ3n) is 3.08. The molecule has 1 fully saturated rings. The fourth-order valence-electron chi connectivity index (χ4n) is 2.06. The largest absolute Gasteiger partial charge is 0.506 e. The smallest absolute Gasteiger partial charge is 0.234 e.